The molecule has 8 heteroatoms. The summed E-state index contributed by atoms with van der Waals surface area (Å²) in [6, 6.07) is 9.48. The van der Waals surface area contributed by atoms with Gasteiger partial charge in [-0.15, -0.1) is 0 Å². The molecule has 1 saturated heterocycles. The van der Waals surface area contributed by atoms with Crippen LogP contribution in [0.2, 0.25) is 0 Å². The van der Waals surface area contributed by atoms with Crippen LogP contribution in [0.25, 0.3) is 11.2 Å². The van der Waals surface area contributed by atoms with Crippen LogP contribution in [0.15, 0.2) is 42.6 Å². The van der Waals surface area contributed by atoms with Crippen LogP contribution in [0.4, 0.5) is 14.9 Å². The van der Waals surface area contributed by atoms with E-state index in [0.29, 0.717) is 31.9 Å². The van der Waals surface area contributed by atoms with Crippen molar-refractivity contribution in [3.8, 4) is 0 Å². The molecule has 0 aliphatic carbocycles. The summed E-state index contributed by atoms with van der Waals surface area (Å²) in [6.45, 7) is 2.39. The van der Waals surface area contributed by atoms with Crippen LogP contribution in [-0.2, 0) is 11.3 Å². The summed E-state index contributed by atoms with van der Waals surface area (Å²) in [5.41, 5.74) is 2.12. The van der Waals surface area contributed by atoms with Crippen molar-refractivity contribution in [1.29, 1.82) is 0 Å². The summed E-state index contributed by atoms with van der Waals surface area (Å²) < 4.78 is 20.7. The molecule has 1 aliphatic heterocycles. The van der Waals surface area contributed by atoms with Crippen molar-refractivity contribution in [3.63, 3.8) is 0 Å². The number of hydrogen-bond acceptors (Lipinski definition) is 4. The smallest absolute Gasteiger partial charge is 0.321 e. The zero-order valence-electron chi connectivity index (χ0n) is 15.6. The number of carbonyl (C=O) groups excluding carboxylic acids is 1. The number of rotatable bonds is 5. The predicted octanol–water partition coefficient (Wildman–Crippen LogP) is 3.24. The number of halogens is 1. The Morgan fingerprint density at radius 2 is 2.25 bits per heavy atom. The largest absolute Gasteiger partial charge is 0.383 e. The Balaban J connectivity index is 1.51. The molecule has 4 rings (SSSR count). The van der Waals surface area contributed by atoms with Crippen molar-refractivity contribution < 1.29 is 13.9 Å². The SMILES string of the molecule is COCCn1c(C2CCN(C(=O)Nc3cccc(F)c3)C2)nc2cccnc21. The number of nitrogens with one attached hydrogen (secondary N) is 1. The van der Waals surface area contributed by atoms with E-state index < -0.39 is 0 Å². The molecule has 146 valence electrons. The molecule has 7 nitrogen and oxygen atoms in total. The van der Waals surface area contributed by atoms with Gasteiger partial charge in [-0.2, -0.15) is 0 Å². The number of ether oxygens (including phenoxy) is 1. The van der Waals surface area contributed by atoms with E-state index in [-0.39, 0.29) is 17.8 Å². The third kappa shape index (κ3) is 3.68. The summed E-state index contributed by atoms with van der Waals surface area (Å²) >= 11 is 0. The third-order valence-electron chi connectivity index (χ3n) is 4.97. The molecule has 1 atom stereocenters. The first-order valence-electron chi connectivity index (χ1n) is 9.27. The lowest BCUT2D eigenvalue weighted by molar-refractivity contribution is 0.186. The van der Waals surface area contributed by atoms with Gasteiger partial charge in [-0.1, -0.05) is 6.07 Å². The van der Waals surface area contributed by atoms with E-state index in [9.17, 15) is 9.18 Å². The molecule has 0 spiro atoms. The number of urea groups is 1. The molecule has 3 aromatic rings. The molecule has 1 aromatic carbocycles. The van der Waals surface area contributed by atoms with Crippen LogP contribution in [0.1, 0.15) is 18.2 Å². The summed E-state index contributed by atoms with van der Waals surface area (Å²) in [5, 5.41) is 2.76. The highest BCUT2D eigenvalue weighted by atomic mass is 19.1. The van der Waals surface area contributed by atoms with Gasteiger partial charge in [0.2, 0.25) is 0 Å². The second-order valence-electron chi connectivity index (χ2n) is 6.83. The fourth-order valence-corrected chi connectivity index (χ4v) is 3.61. The zero-order valence-corrected chi connectivity index (χ0v) is 15.6. The molecule has 3 heterocycles. The van der Waals surface area contributed by atoms with Gasteiger partial charge in [0.25, 0.3) is 0 Å². The Morgan fingerprint density at radius 3 is 3.07 bits per heavy atom. The van der Waals surface area contributed by atoms with Gasteiger partial charge in [-0.25, -0.2) is 19.2 Å². The van der Waals surface area contributed by atoms with Gasteiger partial charge in [0, 0.05) is 44.5 Å². The molecular formula is C20H22FN5O2. The van der Waals surface area contributed by atoms with Gasteiger partial charge in [0.05, 0.1) is 6.61 Å². The maximum Gasteiger partial charge on any atom is 0.321 e. The Labute approximate surface area is 162 Å². The highest BCUT2D eigenvalue weighted by molar-refractivity contribution is 5.89. The standard InChI is InChI=1S/C20H22FN5O2/c1-28-11-10-26-18(24-17-6-3-8-22-19(17)26)14-7-9-25(13-14)20(27)23-16-5-2-4-15(21)12-16/h2-6,8,12,14H,7,9-11,13H2,1H3,(H,23,27). The van der Waals surface area contributed by atoms with Gasteiger partial charge >= 0.3 is 6.03 Å². The first-order valence-corrected chi connectivity index (χ1v) is 9.27. The number of aromatic nitrogens is 3. The lowest BCUT2D eigenvalue weighted by Crippen LogP contribution is -2.33. The molecular weight excluding hydrogens is 361 g/mol. The number of nitrogens with zero attached hydrogens (tertiary/aromatic N) is 4. The van der Waals surface area contributed by atoms with Crippen molar-refractivity contribution in [1.82, 2.24) is 19.4 Å². The number of benzene rings is 1. The van der Waals surface area contributed by atoms with Crippen LogP contribution >= 0.6 is 0 Å². The Kier molecular flexibility index (Phi) is 5.21. The van der Waals surface area contributed by atoms with E-state index in [4.69, 9.17) is 9.72 Å². The van der Waals surface area contributed by atoms with Crippen molar-refractivity contribution in [2.24, 2.45) is 0 Å². The number of pyridine rings is 1. The lowest BCUT2D eigenvalue weighted by atomic mass is 10.1. The lowest BCUT2D eigenvalue weighted by Gasteiger charge is -2.18. The second kappa shape index (κ2) is 7.93. The topological polar surface area (TPSA) is 72.3 Å². The monoisotopic (exact) mass is 383 g/mol. The summed E-state index contributed by atoms with van der Waals surface area (Å²) in [4.78, 5) is 23.5. The van der Waals surface area contributed by atoms with E-state index >= 15 is 0 Å². The molecule has 1 unspecified atom stereocenters. The minimum absolute atomic E-state index is 0.115. The van der Waals surface area contributed by atoms with Gasteiger partial charge in [-0.05, 0) is 36.8 Å². The quantitative estimate of drug-likeness (QED) is 0.734. The number of hydrogen-bond donors (Lipinski definition) is 1. The van der Waals surface area contributed by atoms with E-state index in [1.54, 1.807) is 30.3 Å². The number of fused-ring (bicyclic) bond motifs is 1. The molecule has 0 bridgehead atoms. The molecule has 1 fully saturated rings. The number of anilines is 1. The highest BCUT2D eigenvalue weighted by Crippen LogP contribution is 2.29. The summed E-state index contributed by atoms with van der Waals surface area (Å²) in [5.74, 6) is 0.660. The van der Waals surface area contributed by atoms with Crippen LogP contribution in [-0.4, -0.2) is 52.3 Å². The van der Waals surface area contributed by atoms with Crippen LogP contribution < -0.4 is 5.32 Å². The van der Waals surface area contributed by atoms with Crippen LogP contribution in [0.5, 0.6) is 0 Å². The molecule has 2 aromatic heterocycles. The van der Waals surface area contributed by atoms with Crippen molar-refractivity contribution in [2.45, 2.75) is 18.9 Å². The van der Waals surface area contributed by atoms with Gasteiger partial charge in [0.1, 0.15) is 17.2 Å². The number of amides is 2. The molecule has 0 saturated carbocycles. The van der Waals surface area contributed by atoms with Gasteiger partial charge < -0.3 is 19.5 Å². The first-order chi connectivity index (χ1) is 13.7. The Bertz CT molecular complexity index is 990. The molecule has 0 radical (unpaired) electrons. The van der Waals surface area contributed by atoms with E-state index in [1.165, 1.54) is 12.1 Å². The van der Waals surface area contributed by atoms with E-state index in [0.717, 1.165) is 23.4 Å². The van der Waals surface area contributed by atoms with Crippen LogP contribution in [0.3, 0.4) is 0 Å². The van der Waals surface area contributed by atoms with E-state index in [2.05, 4.69) is 14.9 Å². The Hall–Kier alpha value is -3.00. The summed E-state index contributed by atoms with van der Waals surface area (Å²) in [6.07, 6.45) is 2.57. The predicted molar refractivity (Wildman–Crippen MR) is 104 cm³/mol. The minimum atomic E-state index is -0.378. The molecule has 28 heavy (non-hydrogen) atoms. The summed E-state index contributed by atoms with van der Waals surface area (Å²) in [7, 11) is 1.67. The maximum absolute atomic E-state index is 13.3. The average molecular weight is 383 g/mol. The normalized spacial score (nSPS) is 16.6. The molecule has 1 N–H and O–H groups in total. The van der Waals surface area contributed by atoms with Crippen molar-refractivity contribution in [2.75, 3.05) is 32.1 Å². The molecule has 1 aliphatic rings. The minimum Gasteiger partial charge on any atom is -0.383 e. The van der Waals surface area contributed by atoms with Crippen LogP contribution in [0, 0.1) is 5.82 Å². The van der Waals surface area contributed by atoms with Crippen molar-refractivity contribution in [3.05, 3.63) is 54.2 Å². The van der Waals surface area contributed by atoms with E-state index in [1.807, 2.05) is 12.1 Å². The van der Waals surface area contributed by atoms with Gasteiger partial charge in [0.15, 0.2) is 5.65 Å². The van der Waals surface area contributed by atoms with Crippen molar-refractivity contribution >= 4 is 22.9 Å². The maximum atomic E-state index is 13.3. The average Bonchev–Trinajstić information content (AvgIpc) is 3.31. The number of methoxy groups -OCH3 is 1. The first kappa shape index (κ1) is 18.4. The second-order valence-corrected chi connectivity index (χ2v) is 6.83. The third-order valence-corrected chi connectivity index (χ3v) is 4.97. The number of imidazole rings is 1. The number of carbonyl (C=O) groups is 1. The fourth-order valence-electron chi connectivity index (χ4n) is 3.61. The zero-order chi connectivity index (χ0) is 19.5. The van der Waals surface area contributed by atoms with Gasteiger partial charge in [-0.3, -0.25) is 0 Å². The Morgan fingerprint density at radius 1 is 1.36 bits per heavy atom. The highest BCUT2D eigenvalue weighted by Gasteiger charge is 2.31. The number of likely N-dealkylation sites (tertiary alicyclic amines) is 1. The molecule has 2 amide bonds. The fraction of sp³-hybridized carbons (Fsp3) is 0.350.